The molecule has 138 valence electrons. The molecule has 2 aliphatic heterocycles. The predicted molar refractivity (Wildman–Crippen MR) is 91.4 cm³/mol. The van der Waals surface area contributed by atoms with Gasteiger partial charge in [-0.05, 0) is 23.8 Å². The van der Waals surface area contributed by atoms with Crippen LogP contribution >= 0.6 is 0 Å². The zero-order chi connectivity index (χ0) is 18.4. The number of phenolic OH excluding ortho intramolecular Hbond substituents is 1. The van der Waals surface area contributed by atoms with Gasteiger partial charge < -0.3 is 33.9 Å². The van der Waals surface area contributed by atoms with Gasteiger partial charge in [0.25, 0.3) is 0 Å². The molecule has 0 saturated heterocycles. The minimum atomic E-state index is -0.987. The van der Waals surface area contributed by atoms with E-state index in [9.17, 15) is 10.2 Å². The minimum absolute atomic E-state index is 0.0649. The van der Waals surface area contributed by atoms with E-state index in [-0.39, 0.29) is 24.4 Å². The van der Waals surface area contributed by atoms with Crippen LogP contribution in [0.15, 0.2) is 24.3 Å². The van der Waals surface area contributed by atoms with Gasteiger partial charge in [0.1, 0.15) is 5.75 Å². The van der Waals surface area contributed by atoms with Crippen LogP contribution in [0.25, 0.3) is 0 Å². The number of aromatic hydroxyl groups is 1. The Morgan fingerprint density at radius 2 is 1.58 bits per heavy atom. The number of aliphatic hydroxyl groups excluding tert-OH is 1. The summed E-state index contributed by atoms with van der Waals surface area (Å²) in [6.07, 6.45) is -0.987. The highest BCUT2D eigenvalue weighted by Crippen LogP contribution is 2.50. The van der Waals surface area contributed by atoms with Crippen LogP contribution in [-0.4, -0.2) is 37.5 Å². The first-order valence-corrected chi connectivity index (χ1v) is 8.26. The van der Waals surface area contributed by atoms with Crippen LogP contribution in [0.2, 0.25) is 0 Å². The van der Waals surface area contributed by atoms with E-state index in [0.717, 1.165) is 11.1 Å². The van der Waals surface area contributed by atoms with E-state index in [4.69, 9.17) is 23.7 Å². The Bertz CT molecular complexity index is 823. The topological polar surface area (TPSA) is 86.6 Å². The van der Waals surface area contributed by atoms with E-state index >= 15 is 0 Å². The molecule has 26 heavy (non-hydrogen) atoms. The maximum absolute atomic E-state index is 10.4. The molecule has 2 heterocycles. The van der Waals surface area contributed by atoms with Crippen molar-refractivity contribution >= 4 is 0 Å². The molecular formula is C19H20O7. The molecule has 0 spiro atoms. The van der Waals surface area contributed by atoms with Crippen molar-refractivity contribution in [2.24, 2.45) is 5.92 Å². The zero-order valence-corrected chi connectivity index (χ0v) is 14.7. The third kappa shape index (κ3) is 2.47. The molecule has 0 amide bonds. The van der Waals surface area contributed by atoms with E-state index < -0.39 is 6.29 Å². The summed E-state index contributed by atoms with van der Waals surface area (Å²) >= 11 is 0. The molecule has 3 atom stereocenters. The van der Waals surface area contributed by atoms with Crippen molar-refractivity contribution in [1.82, 2.24) is 0 Å². The summed E-state index contributed by atoms with van der Waals surface area (Å²) in [4.78, 5) is 0. The number of ether oxygens (including phenoxy) is 5. The van der Waals surface area contributed by atoms with Crippen molar-refractivity contribution in [1.29, 1.82) is 0 Å². The van der Waals surface area contributed by atoms with Gasteiger partial charge >= 0.3 is 0 Å². The van der Waals surface area contributed by atoms with Crippen LogP contribution in [0, 0.1) is 5.92 Å². The highest BCUT2D eigenvalue weighted by molar-refractivity contribution is 5.59. The van der Waals surface area contributed by atoms with Crippen molar-refractivity contribution in [3.05, 3.63) is 35.4 Å². The first kappa shape index (κ1) is 16.7. The van der Waals surface area contributed by atoms with Gasteiger partial charge in [-0.1, -0.05) is 6.92 Å². The quantitative estimate of drug-likeness (QED) is 0.870. The smallest absolute Gasteiger partial charge is 0.231 e. The van der Waals surface area contributed by atoms with Crippen molar-refractivity contribution in [2.45, 2.75) is 19.1 Å². The fraction of sp³-hybridized carbons (Fsp3) is 0.368. The maximum atomic E-state index is 10.4. The maximum Gasteiger partial charge on any atom is 0.231 e. The van der Waals surface area contributed by atoms with Crippen molar-refractivity contribution in [3.8, 4) is 34.5 Å². The molecule has 2 aliphatic rings. The summed E-state index contributed by atoms with van der Waals surface area (Å²) in [5.74, 6) is 1.84. The number of fused-ring (bicyclic) bond motifs is 2. The van der Waals surface area contributed by atoms with Crippen LogP contribution < -0.4 is 23.7 Å². The summed E-state index contributed by atoms with van der Waals surface area (Å²) < 4.78 is 27.1. The molecule has 2 N–H and O–H groups in total. The number of methoxy groups -OCH3 is 2. The van der Waals surface area contributed by atoms with Crippen LogP contribution in [0.4, 0.5) is 0 Å². The fourth-order valence-electron chi connectivity index (χ4n) is 3.55. The third-order valence-electron chi connectivity index (χ3n) is 4.92. The van der Waals surface area contributed by atoms with Crippen molar-refractivity contribution < 1.29 is 33.9 Å². The average molecular weight is 360 g/mol. The molecule has 0 radical (unpaired) electrons. The Morgan fingerprint density at radius 1 is 0.962 bits per heavy atom. The fourth-order valence-corrected chi connectivity index (χ4v) is 3.55. The monoisotopic (exact) mass is 360 g/mol. The standard InChI is InChI=1S/C19H20O7/c1-9-17(10-4-15(22-2)18(20)16(5-10)23-3)11-6-13-14(25-8-24-13)7-12(11)26-19(9)21/h4-7,9,17,19-21H,8H2,1-3H3/t9-,17+,19+/m0/s1. The summed E-state index contributed by atoms with van der Waals surface area (Å²) in [6.45, 7) is 2.05. The second-order valence-corrected chi connectivity index (χ2v) is 6.36. The van der Waals surface area contributed by atoms with E-state index in [2.05, 4.69) is 0 Å². The van der Waals surface area contributed by atoms with E-state index in [1.165, 1.54) is 14.2 Å². The number of phenols is 1. The summed E-state index contributed by atoms with van der Waals surface area (Å²) in [7, 11) is 2.96. The predicted octanol–water partition coefficient (Wildman–Crippen LogP) is 2.62. The van der Waals surface area contributed by atoms with Crippen LogP contribution in [-0.2, 0) is 0 Å². The minimum Gasteiger partial charge on any atom is -0.502 e. The number of benzene rings is 2. The molecule has 0 saturated carbocycles. The zero-order valence-electron chi connectivity index (χ0n) is 14.7. The van der Waals surface area contributed by atoms with Gasteiger partial charge in [0, 0.05) is 23.5 Å². The third-order valence-corrected chi connectivity index (χ3v) is 4.92. The summed E-state index contributed by atoms with van der Waals surface area (Å²) in [5.41, 5.74) is 1.69. The van der Waals surface area contributed by atoms with Gasteiger partial charge in [-0.25, -0.2) is 0 Å². The highest BCUT2D eigenvalue weighted by atomic mass is 16.7. The lowest BCUT2D eigenvalue weighted by atomic mass is 9.79. The Kier molecular flexibility index (Phi) is 3.96. The van der Waals surface area contributed by atoms with Gasteiger partial charge in [0.15, 0.2) is 23.0 Å². The normalized spacial score (nSPS) is 23.2. The number of rotatable bonds is 3. The Balaban J connectivity index is 1.89. The largest absolute Gasteiger partial charge is 0.502 e. The molecule has 7 heteroatoms. The first-order chi connectivity index (χ1) is 12.5. The number of aliphatic hydroxyl groups is 1. The lowest BCUT2D eigenvalue weighted by molar-refractivity contribution is -0.0729. The second kappa shape index (κ2) is 6.17. The van der Waals surface area contributed by atoms with E-state index in [1.807, 2.05) is 13.0 Å². The molecule has 0 aliphatic carbocycles. The van der Waals surface area contributed by atoms with Crippen molar-refractivity contribution in [3.63, 3.8) is 0 Å². The summed E-state index contributed by atoms with van der Waals surface area (Å²) in [5, 5.41) is 20.6. The molecule has 2 aromatic rings. The molecule has 4 rings (SSSR count). The van der Waals surface area contributed by atoms with Gasteiger partial charge in [0.2, 0.25) is 18.8 Å². The van der Waals surface area contributed by atoms with Gasteiger partial charge in [-0.15, -0.1) is 0 Å². The Hall–Kier alpha value is -2.80. The molecule has 0 unspecified atom stereocenters. The van der Waals surface area contributed by atoms with Crippen LogP contribution in [0.1, 0.15) is 24.0 Å². The molecule has 0 aromatic heterocycles. The molecule has 0 bridgehead atoms. The van der Waals surface area contributed by atoms with E-state index in [0.29, 0.717) is 28.7 Å². The average Bonchev–Trinajstić information content (AvgIpc) is 3.09. The molecule has 0 fully saturated rings. The number of hydrogen-bond donors (Lipinski definition) is 2. The highest BCUT2D eigenvalue weighted by Gasteiger charge is 2.38. The van der Waals surface area contributed by atoms with E-state index in [1.54, 1.807) is 18.2 Å². The lowest BCUT2D eigenvalue weighted by Crippen LogP contribution is -2.34. The Morgan fingerprint density at radius 3 is 2.19 bits per heavy atom. The van der Waals surface area contributed by atoms with Gasteiger partial charge in [0.05, 0.1) is 14.2 Å². The molecule has 7 nitrogen and oxygen atoms in total. The Labute approximate surface area is 150 Å². The first-order valence-electron chi connectivity index (χ1n) is 8.26. The van der Waals surface area contributed by atoms with Gasteiger partial charge in [-0.3, -0.25) is 0 Å². The number of hydrogen-bond acceptors (Lipinski definition) is 7. The molecular weight excluding hydrogens is 340 g/mol. The van der Waals surface area contributed by atoms with Crippen LogP contribution in [0.5, 0.6) is 34.5 Å². The van der Waals surface area contributed by atoms with Crippen molar-refractivity contribution in [2.75, 3.05) is 21.0 Å². The second-order valence-electron chi connectivity index (χ2n) is 6.36. The van der Waals surface area contributed by atoms with Crippen LogP contribution in [0.3, 0.4) is 0 Å². The van der Waals surface area contributed by atoms with Gasteiger partial charge in [-0.2, -0.15) is 0 Å². The SMILES string of the molecule is COc1cc([C@@H]2c3cc4c(cc3O[C@@H](O)[C@H]2C)OCO4)cc(OC)c1O. The molecule has 2 aromatic carbocycles. The lowest BCUT2D eigenvalue weighted by Gasteiger charge is -2.35. The summed E-state index contributed by atoms with van der Waals surface area (Å²) in [6, 6.07) is 7.09.